The summed E-state index contributed by atoms with van der Waals surface area (Å²) in [7, 11) is 0. The normalized spacial score (nSPS) is 19.6. The third-order valence-electron chi connectivity index (χ3n) is 3.95. The molecule has 0 atom stereocenters. The topological polar surface area (TPSA) is 38.8 Å². The van der Waals surface area contributed by atoms with Gasteiger partial charge in [-0.05, 0) is 49.9 Å². The minimum atomic E-state index is 0.152. The van der Waals surface area contributed by atoms with Gasteiger partial charge in [0, 0.05) is 30.9 Å². The first kappa shape index (κ1) is 14.1. The summed E-state index contributed by atoms with van der Waals surface area (Å²) < 4.78 is 10.5. The molecule has 1 aliphatic heterocycles. The summed E-state index contributed by atoms with van der Waals surface area (Å²) in [4.78, 5) is 14.9. The number of hydrogen-bond acceptors (Lipinski definition) is 3. The van der Waals surface area contributed by atoms with Crippen molar-refractivity contribution in [1.29, 1.82) is 0 Å². The van der Waals surface area contributed by atoms with Crippen LogP contribution >= 0.6 is 23.0 Å². The predicted molar refractivity (Wildman–Crippen MR) is 84.1 cm³/mol. The molecule has 1 saturated carbocycles. The van der Waals surface area contributed by atoms with E-state index in [0.29, 0.717) is 12.1 Å². The van der Waals surface area contributed by atoms with Crippen molar-refractivity contribution in [2.45, 2.75) is 37.8 Å². The van der Waals surface area contributed by atoms with Gasteiger partial charge in [0.15, 0.2) is 23.0 Å². The van der Waals surface area contributed by atoms with Gasteiger partial charge in [0.25, 0.3) is 5.91 Å². The van der Waals surface area contributed by atoms with Crippen LogP contribution in [-0.2, 0) is 4.74 Å². The van der Waals surface area contributed by atoms with E-state index in [1.165, 1.54) is 0 Å². The molecule has 4 nitrogen and oxygen atoms in total. The molecule has 3 rings (SSSR count). The Balaban J connectivity index is 1.77. The molecule has 1 heterocycles. The molecule has 1 aliphatic carbocycles. The zero-order valence-corrected chi connectivity index (χ0v) is 13.4. The number of halogens is 1. The molecule has 0 unspecified atom stereocenters. The highest BCUT2D eigenvalue weighted by Gasteiger charge is 2.38. The Morgan fingerprint density at radius 2 is 1.70 bits per heavy atom. The Morgan fingerprint density at radius 1 is 1.10 bits per heavy atom. The number of rotatable bonds is 4. The molecule has 0 N–H and O–H groups in total. The standard InChI is InChI=1S/C15H18INO3/c16-20-14-5-1-11(2-6-14)15(18)17(12-3-4-12)13-7-9-19-10-8-13/h1-2,5-6,12-13H,3-4,7-10H2. The van der Waals surface area contributed by atoms with Crippen LogP contribution in [0.2, 0.25) is 0 Å². The van der Waals surface area contributed by atoms with Crippen LogP contribution < -0.4 is 3.07 Å². The van der Waals surface area contributed by atoms with Gasteiger partial charge < -0.3 is 12.7 Å². The van der Waals surface area contributed by atoms with Crippen molar-refractivity contribution in [2.75, 3.05) is 13.2 Å². The molecule has 0 bridgehead atoms. The zero-order chi connectivity index (χ0) is 13.9. The molecule has 1 saturated heterocycles. The van der Waals surface area contributed by atoms with Crippen LogP contribution in [0.5, 0.6) is 5.75 Å². The Hall–Kier alpha value is -0.820. The summed E-state index contributed by atoms with van der Waals surface area (Å²) in [5.74, 6) is 0.922. The number of hydrogen-bond donors (Lipinski definition) is 0. The molecular formula is C15H18INO3. The van der Waals surface area contributed by atoms with Gasteiger partial charge in [-0.3, -0.25) is 4.79 Å². The lowest BCUT2D eigenvalue weighted by Gasteiger charge is -2.34. The highest BCUT2D eigenvalue weighted by molar-refractivity contribution is 14.1. The number of carbonyl (C=O) groups excluding carboxylic acids is 1. The van der Waals surface area contributed by atoms with E-state index < -0.39 is 0 Å². The first-order valence-electron chi connectivity index (χ1n) is 7.08. The van der Waals surface area contributed by atoms with Crippen LogP contribution in [0.4, 0.5) is 0 Å². The summed E-state index contributed by atoms with van der Waals surface area (Å²) >= 11 is 1.84. The summed E-state index contributed by atoms with van der Waals surface area (Å²) in [6.45, 7) is 1.53. The lowest BCUT2D eigenvalue weighted by molar-refractivity contribution is 0.0267. The van der Waals surface area contributed by atoms with Crippen LogP contribution in [0.3, 0.4) is 0 Å². The van der Waals surface area contributed by atoms with Gasteiger partial charge in [0.1, 0.15) is 5.75 Å². The average molecular weight is 387 g/mol. The van der Waals surface area contributed by atoms with E-state index in [1.54, 1.807) is 0 Å². The van der Waals surface area contributed by atoms with Gasteiger partial charge in [0.2, 0.25) is 0 Å². The largest absolute Gasteiger partial charge is 0.428 e. The van der Waals surface area contributed by atoms with Crippen LogP contribution in [0.1, 0.15) is 36.0 Å². The SMILES string of the molecule is O=C(c1ccc(OI)cc1)N(C1CCOCC1)C1CC1. The molecule has 1 amide bonds. The van der Waals surface area contributed by atoms with Gasteiger partial charge in [-0.15, -0.1) is 0 Å². The van der Waals surface area contributed by atoms with E-state index in [9.17, 15) is 4.79 Å². The second-order valence-electron chi connectivity index (χ2n) is 5.39. The van der Waals surface area contributed by atoms with Crippen LogP contribution in [0.15, 0.2) is 24.3 Å². The maximum absolute atomic E-state index is 12.8. The molecular weight excluding hydrogens is 369 g/mol. The number of carbonyl (C=O) groups is 1. The first-order chi connectivity index (χ1) is 9.79. The molecule has 0 radical (unpaired) electrons. The van der Waals surface area contributed by atoms with Crippen molar-refractivity contribution in [3.8, 4) is 5.75 Å². The van der Waals surface area contributed by atoms with Gasteiger partial charge in [-0.1, -0.05) is 0 Å². The van der Waals surface area contributed by atoms with Gasteiger partial charge >= 0.3 is 0 Å². The van der Waals surface area contributed by atoms with Crippen LogP contribution in [0.25, 0.3) is 0 Å². The second kappa shape index (κ2) is 6.30. The summed E-state index contributed by atoms with van der Waals surface area (Å²) in [6, 6.07) is 8.16. The van der Waals surface area contributed by atoms with Crippen LogP contribution in [-0.4, -0.2) is 36.1 Å². The Kier molecular flexibility index (Phi) is 4.45. The summed E-state index contributed by atoms with van der Waals surface area (Å²) in [6.07, 6.45) is 4.18. The number of nitrogens with zero attached hydrogens (tertiary/aromatic N) is 1. The predicted octanol–water partition coefficient (Wildman–Crippen LogP) is 3.20. The van der Waals surface area contributed by atoms with E-state index in [4.69, 9.17) is 7.80 Å². The fourth-order valence-electron chi connectivity index (χ4n) is 2.74. The Bertz CT molecular complexity index is 467. The lowest BCUT2D eigenvalue weighted by Crippen LogP contribution is -2.44. The van der Waals surface area contributed by atoms with Crippen molar-refractivity contribution in [2.24, 2.45) is 0 Å². The van der Waals surface area contributed by atoms with E-state index in [-0.39, 0.29) is 5.91 Å². The van der Waals surface area contributed by atoms with E-state index in [2.05, 4.69) is 4.90 Å². The summed E-state index contributed by atoms with van der Waals surface area (Å²) in [5.41, 5.74) is 0.751. The van der Waals surface area contributed by atoms with Crippen molar-refractivity contribution in [3.05, 3.63) is 29.8 Å². The van der Waals surface area contributed by atoms with Crippen molar-refractivity contribution in [1.82, 2.24) is 4.90 Å². The maximum Gasteiger partial charge on any atom is 0.254 e. The van der Waals surface area contributed by atoms with Crippen molar-refractivity contribution in [3.63, 3.8) is 0 Å². The Morgan fingerprint density at radius 3 is 2.25 bits per heavy atom. The van der Waals surface area contributed by atoms with Crippen molar-refractivity contribution < 1.29 is 12.6 Å². The third-order valence-corrected chi connectivity index (χ3v) is 4.46. The van der Waals surface area contributed by atoms with E-state index in [1.807, 2.05) is 47.3 Å². The lowest BCUT2D eigenvalue weighted by atomic mass is 10.0. The molecule has 1 aromatic rings. The monoisotopic (exact) mass is 387 g/mol. The fraction of sp³-hybridized carbons (Fsp3) is 0.533. The molecule has 20 heavy (non-hydrogen) atoms. The van der Waals surface area contributed by atoms with E-state index in [0.717, 1.165) is 50.2 Å². The average Bonchev–Trinajstić information content (AvgIpc) is 3.33. The summed E-state index contributed by atoms with van der Waals surface area (Å²) in [5, 5.41) is 0. The van der Waals surface area contributed by atoms with Gasteiger partial charge in [0.05, 0.1) is 0 Å². The quantitative estimate of drug-likeness (QED) is 0.745. The number of ether oxygens (including phenoxy) is 1. The fourth-order valence-corrected chi connectivity index (χ4v) is 3.04. The first-order valence-corrected chi connectivity index (χ1v) is 7.97. The second-order valence-corrected chi connectivity index (χ2v) is 5.83. The number of benzene rings is 1. The Labute approximate surface area is 133 Å². The van der Waals surface area contributed by atoms with Gasteiger partial charge in [-0.25, -0.2) is 0 Å². The molecule has 1 aromatic carbocycles. The third kappa shape index (κ3) is 3.09. The molecule has 0 spiro atoms. The zero-order valence-electron chi connectivity index (χ0n) is 11.3. The molecule has 0 aromatic heterocycles. The molecule has 5 heteroatoms. The molecule has 2 aliphatic rings. The van der Waals surface area contributed by atoms with Crippen molar-refractivity contribution >= 4 is 28.9 Å². The smallest absolute Gasteiger partial charge is 0.254 e. The van der Waals surface area contributed by atoms with Gasteiger partial charge in [-0.2, -0.15) is 0 Å². The highest BCUT2D eigenvalue weighted by atomic mass is 127. The maximum atomic E-state index is 12.8. The minimum absolute atomic E-state index is 0.152. The van der Waals surface area contributed by atoms with E-state index >= 15 is 0 Å². The van der Waals surface area contributed by atoms with Crippen LogP contribution in [0, 0.1) is 0 Å². The molecule has 2 fully saturated rings. The minimum Gasteiger partial charge on any atom is -0.428 e. The highest BCUT2D eigenvalue weighted by Crippen LogP contribution is 2.33. The number of amides is 1. The molecule has 108 valence electrons.